The van der Waals surface area contributed by atoms with Crippen molar-refractivity contribution in [1.29, 1.82) is 0 Å². The zero-order valence-corrected chi connectivity index (χ0v) is 15.7. The summed E-state index contributed by atoms with van der Waals surface area (Å²) in [4.78, 5) is 25.7. The Morgan fingerprint density at radius 3 is 2.42 bits per heavy atom. The fourth-order valence-electron chi connectivity index (χ4n) is 2.39. The number of hydrogen-bond donors (Lipinski definition) is 1. The second-order valence-corrected chi connectivity index (χ2v) is 6.61. The van der Waals surface area contributed by atoms with Crippen molar-refractivity contribution in [3.8, 4) is 5.75 Å². The molecular formula is C19H30N2O3. The lowest BCUT2D eigenvalue weighted by atomic mass is 10.0. The molecule has 0 unspecified atom stereocenters. The number of nitrogens with zero attached hydrogens (tertiary/aromatic N) is 1. The van der Waals surface area contributed by atoms with E-state index in [1.165, 1.54) is 4.90 Å². The third kappa shape index (κ3) is 6.22. The van der Waals surface area contributed by atoms with E-state index >= 15 is 0 Å². The van der Waals surface area contributed by atoms with Gasteiger partial charge in [-0.15, -0.1) is 0 Å². The van der Waals surface area contributed by atoms with Gasteiger partial charge in [-0.3, -0.25) is 9.59 Å². The van der Waals surface area contributed by atoms with Crippen molar-refractivity contribution >= 4 is 11.8 Å². The first-order valence-corrected chi connectivity index (χ1v) is 8.55. The summed E-state index contributed by atoms with van der Waals surface area (Å²) in [6.07, 6.45) is 0. The molecule has 0 aromatic heterocycles. The monoisotopic (exact) mass is 334 g/mol. The molecule has 1 rings (SSSR count). The highest BCUT2D eigenvalue weighted by Crippen LogP contribution is 2.27. The molecule has 0 spiro atoms. The predicted molar refractivity (Wildman–Crippen MR) is 96.3 cm³/mol. The van der Waals surface area contributed by atoms with E-state index in [0.717, 1.165) is 16.9 Å². The predicted octanol–water partition coefficient (Wildman–Crippen LogP) is 2.87. The first kappa shape index (κ1) is 20.0. The van der Waals surface area contributed by atoms with E-state index in [-0.39, 0.29) is 31.0 Å². The fraction of sp³-hybridized carbons (Fsp3) is 0.579. The van der Waals surface area contributed by atoms with E-state index in [0.29, 0.717) is 12.5 Å². The van der Waals surface area contributed by atoms with E-state index in [9.17, 15) is 9.59 Å². The lowest BCUT2D eigenvalue weighted by molar-refractivity contribution is -0.137. The molecule has 0 fully saturated rings. The maximum atomic E-state index is 12.4. The maximum absolute atomic E-state index is 12.4. The van der Waals surface area contributed by atoms with Gasteiger partial charge < -0.3 is 15.0 Å². The first-order valence-electron chi connectivity index (χ1n) is 8.55. The van der Waals surface area contributed by atoms with Gasteiger partial charge in [0.1, 0.15) is 5.75 Å². The molecule has 5 nitrogen and oxygen atoms in total. The van der Waals surface area contributed by atoms with Crippen LogP contribution >= 0.6 is 0 Å². The number of aryl methyl sites for hydroxylation is 1. The van der Waals surface area contributed by atoms with Crippen LogP contribution < -0.4 is 10.1 Å². The van der Waals surface area contributed by atoms with Gasteiger partial charge in [-0.25, -0.2) is 0 Å². The fourth-order valence-corrected chi connectivity index (χ4v) is 2.39. The molecule has 0 radical (unpaired) electrons. The number of rotatable bonds is 8. The normalized spacial score (nSPS) is 10.8. The Morgan fingerprint density at radius 2 is 1.88 bits per heavy atom. The SMILES string of the molecule is CCN(CC(=O)NC(C)C)C(=O)COc1cc(C)ccc1C(C)C. The number of carbonyl (C=O) groups is 2. The number of likely N-dealkylation sites (N-methyl/N-ethyl adjacent to an activating group) is 1. The minimum absolute atomic E-state index is 0.0573. The Hall–Kier alpha value is -2.04. The summed E-state index contributed by atoms with van der Waals surface area (Å²) in [5, 5.41) is 2.79. The highest BCUT2D eigenvalue weighted by Gasteiger charge is 2.17. The van der Waals surface area contributed by atoms with Crippen LogP contribution in [-0.2, 0) is 9.59 Å². The number of nitrogens with one attached hydrogen (secondary N) is 1. The van der Waals surface area contributed by atoms with Crippen LogP contribution in [0.15, 0.2) is 18.2 Å². The lowest BCUT2D eigenvalue weighted by Gasteiger charge is -2.22. The molecule has 0 aliphatic rings. The van der Waals surface area contributed by atoms with Gasteiger partial charge in [0.05, 0.1) is 6.54 Å². The molecule has 0 atom stereocenters. The summed E-state index contributed by atoms with van der Waals surface area (Å²) in [7, 11) is 0. The van der Waals surface area contributed by atoms with Crippen molar-refractivity contribution < 1.29 is 14.3 Å². The molecule has 0 bridgehead atoms. The van der Waals surface area contributed by atoms with Gasteiger partial charge in [-0.2, -0.15) is 0 Å². The Labute approximate surface area is 145 Å². The Balaban J connectivity index is 2.70. The quantitative estimate of drug-likeness (QED) is 0.795. The van der Waals surface area contributed by atoms with Crippen molar-refractivity contribution in [1.82, 2.24) is 10.2 Å². The highest BCUT2D eigenvalue weighted by atomic mass is 16.5. The van der Waals surface area contributed by atoms with Crippen LogP contribution in [-0.4, -0.2) is 42.5 Å². The van der Waals surface area contributed by atoms with Gasteiger partial charge in [-0.1, -0.05) is 26.0 Å². The molecule has 1 aromatic rings. The lowest BCUT2D eigenvalue weighted by Crippen LogP contribution is -2.44. The van der Waals surface area contributed by atoms with E-state index in [1.807, 2.05) is 45.9 Å². The molecule has 2 amide bonds. The van der Waals surface area contributed by atoms with Crippen LogP contribution in [0.4, 0.5) is 0 Å². The third-order valence-corrected chi connectivity index (χ3v) is 3.66. The van der Waals surface area contributed by atoms with E-state index < -0.39 is 0 Å². The summed E-state index contributed by atoms with van der Waals surface area (Å²) in [5.41, 5.74) is 2.17. The van der Waals surface area contributed by atoms with Crippen molar-refractivity contribution in [2.45, 2.75) is 53.5 Å². The highest BCUT2D eigenvalue weighted by molar-refractivity contribution is 5.85. The molecule has 0 aliphatic carbocycles. The van der Waals surface area contributed by atoms with Crippen LogP contribution in [0.25, 0.3) is 0 Å². The van der Waals surface area contributed by atoms with Crippen molar-refractivity contribution in [2.24, 2.45) is 0 Å². The topological polar surface area (TPSA) is 58.6 Å². The molecule has 24 heavy (non-hydrogen) atoms. The summed E-state index contributed by atoms with van der Waals surface area (Å²) in [5.74, 6) is 0.710. The summed E-state index contributed by atoms with van der Waals surface area (Å²) < 4.78 is 5.76. The first-order chi connectivity index (χ1) is 11.2. The molecule has 0 heterocycles. The number of amides is 2. The summed E-state index contributed by atoms with van der Waals surface area (Å²) in [6, 6.07) is 6.08. The number of carbonyl (C=O) groups excluding carboxylic acids is 2. The zero-order chi connectivity index (χ0) is 18.3. The van der Waals surface area contributed by atoms with Gasteiger partial charge >= 0.3 is 0 Å². The molecule has 5 heteroatoms. The van der Waals surface area contributed by atoms with Gasteiger partial charge in [0, 0.05) is 12.6 Å². The Kier molecular flexibility index (Phi) is 7.75. The molecule has 0 aliphatic heterocycles. The van der Waals surface area contributed by atoms with Crippen molar-refractivity contribution in [2.75, 3.05) is 19.7 Å². The van der Waals surface area contributed by atoms with Gasteiger partial charge in [-0.05, 0) is 50.8 Å². The van der Waals surface area contributed by atoms with Crippen molar-refractivity contribution in [3.63, 3.8) is 0 Å². The average molecular weight is 334 g/mol. The van der Waals surface area contributed by atoms with Crippen LogP contribution in [0.3, 0.4) is 0 Å². The number of ether oxygens (including phenoxy) is 1. The second-order valence-electron chi connectivity index (χ2n) is 6.61. The molecule has 1 aromatic carbocycles. The average Bonchev–Trinajstić information content (AvgIpc) is 2.49. The number of benzene rings is 1. The third-order valence-electron chi connectivity index (χ3n) is 3.66. The molecule has 0 saturated heterocycles. The summed E-state index contributed by atoms with van der Waals surface area (Å²) >= 11 is 0. The van der Waals surface area contributed by atoms with E-state index in [4.69, 9.17) is 4.74 Å². The Morgan fingerprint density at radius 1 is 1.21 bits per heavy atom. The minimum Gasteiger partial charge on any atom is -0.483 e. The zero-order valence-electron chi connectivity index (χ0n) is 15.7. The number of hydrogen-bond acceptors (Lipinski definition) is 3. The van der Waals surface area contributed by atoms with Crippen LogP contribution in [0, 0.1) is 6.92 Å². The largest absolute Gasteiger partial charge is 0.483 e. The molecule has 0 saturated carbocycles. The van der Waals surface area contributed by atoms with Gasteiger partial charge in [0.25, 0.3) is 5.91 Å². The van der Waals surface area contributed by atoms with Crippen molar-refractivity contribution in [3.05, 3.63) is 29.3 Å². The minimum atomic E-state index is -0.187. The van der Waals surface area contributed by atoms with Crippen LogP contribution in [0.2, 0.25) is 0 Å². The smallest absolute Gasteiger partial charge is 0.260 e. The van der Waals surface area contributed by atoms with E-state index in [1.54, 1.807) is 0 Å². The second kappa shape index (κ2) is 9.30. The summed E-state index contributed by atoms with van der Waals surface area (Å²) in [6.45, 7) is 12.3. The Bertz CT molecular complexity index is 568. The molecule has 1 N–H and O–H groups in total. The molecule has 134 valence electrons. The van der Waals surface area contributed by atoms with Crippen LogP contribution in [0.5, 0.6) is 5.75 Å². The molecular weight excluding hydrogens is 304 g/mol. The van der Waals surface area contributed by atoms with E-state index in [2.05, 4.69) is 19.2 Å². The van der Waals surface area contributed by atoms with Gasteiger partial charge in [0.2, 0.25) is 5.91 Å². The maximum Gasteiger partial charge on any atom is 0.260 e. The van der Waals surface area contributed by atoms with Crippen LogP contribution in [0.1, 0.15) is 51.7 Å². The van der Waals surface area contributed by atoms with Gasteiger partial charge in [0.15, 0.2) is 6.61 Å². The standard InChI is InChI=1S/C19H30N2O3/c1-7-21(11-18(22)20-14(4)5)19(23)12-24-17-10-15(6)8-9-16(17)13(2)3/h8-10,13-14H,7,11-12H2,1-6H3,(H,20,22).